The summed E-state index contributed by atoms with van der Waals surface area (Å²) >= 11 is 0. The van der Waals surface area contributed by atoms with Crippen LogP contribution in [0.25, 0.3) is 0 Å². The first kappa shape index (κ1) is 56.7. The number of carboxylic acid groups (broad SMARTS) is 1. The van der Waals surface area contributed by atoms with Gasteiger partial charge in [0.25, 0.3) is 0 Å². The lowest BCUT2D eigenvalue weighted by atomic mass is 10.0. The zero-order chi connectivity index (χ0) is 43.3. The molecule has 0 spiro atoms. The molecule has 10 nitrogen and oxygen atoms in total. The van der Waals surface area contributed by atoms with Gasteiger partial charge < -0.3 is 25.2 Å². The van der Waals surface area contributed by atoms with Crippen molar-refractivity contribution >= 4 is 19.8 Å². The van der Waals surface area contributed by atoms with Crippen molar-refractivity contribution in [3.8, 4) is 0 Å². The number of carboxylic acids is 1. The van der Waals surface area contributed by atoms with E-state index in [1.165, 1.54) is 83.5 Å². The van der Waals surface area contributed by atoms with Gasteiger partial charge in [0.2, 0.25) is 0 Å². The number of carbonyl (C=O) groups excluding carboxylic acids is 1. The van der Waals surface area contributed by atoms with Gasteiger partial charge in [0.15, 0.2) is 0 Å². The molecule has 0 aliphatic rings. The van der Waals surface area contributed by atoms with Crippen LogP contribution in [0.15, 0.2) is 60.8 Å². The second kappa shape index (κ2) is 43.7. The van der Waals surface area contributed by atoms with Crippen LogP contribution in [0.3, 0.4) is 0 Å². The van der Waals surface area contributed by atoms with Gasteiger partial charge in [0.05, 0.1) is 19.8 Å². The van der Waals surface area contributed by atoms with Crippen molar-refractivity contribution in [3.63, 3.8) is 0 Å². The number of allylic oxidation sites excluding steroid dienone is 10. The molecular formula is C48H86NO9P. The highest BCUT2D eigenvalue weighted by atomic mass is 31.2. The Kier molecular flexibility index (Phi) is 42.0. The number of hydrogen-bond acceptors (Lipinski definition) is 8. The molecule has 3 unspecified atom stereocenters. The van der Waals surface area contributed by atoms with E-state index < -0.39 is 45.1 Å². The Morgan fingerprint density at radius 3 is 1.47 bits per heavy atom. The van der Waals surface area contributed by atoms with Crippen molar-refractivity contribution in [1.29, 1.82) is 0 Å². The van der Waals surface area contributed by atoms with E-state index in [2.05, 4.69) is 74.6 Å². The maximum Gasteiger partial charge on any atom is 0.472 e. The van der Waals surface area contributed by atoms with Crippen molar-refractivity contribution in [2.24, 2.45) is 5.73 Å². The summed E-state index contributed by atoms with van der Waals surface area (Å²) in [4.78, 5) is 33.6. The summed E-state index contributed by atoms with van der Waals surface area (Å²) in [6.07, 6.45) is 52.7. The van der Waals surface area contributed by atoms with E-state index in [0.717, 1.165) is 83.5 Å². The Balaban J connectivity index is 4.25. The van der Waals surface area contributed by atoms with Crippen LogP contribution in [-0.4, -0.2) is 60.5 Å². The molecule has 0 saturated heterocycles. The molecule has 0 aromatic heterocycles. The van der Waals surface area contributed by atoms with Crippen LogP contribution in [-0.2, 0) is 32.7 Å². The quantitative estimate of drug-likeness (QED) is 0.0233. The first-order valence-corrected chi connectivity index (χ1v) is 24.8. The zero-order valence-electron chi connectivity index (χ0n) is 37.3. The first-order valence-electron chi connectivity index (χ1n) is 23.3. The lowest BCUT2D eigenvalue weighted by Crippen LogP contribution is -2.34. The summed E-state index contributed by atoms with van der Waals surface area (Å²) in [7, 11) is -4.63. The highest BCUT2D eigenvalue weighted by Gasteiger charge is 2.27. The van der Waals surface area contributed by atoms with Crippen molar-refractivity contribution in [2.75, 3.05) is 26.4 Å². The van der Waals surface area contributed by atoms with Gasteiger partial charge in [-0.05, 0) is 57.8 Å². The minimum Gasteiger partial charge on any atom is -0.480 e. The van der Waals surface area contributed by atoms with Gasteiger partial charge in [-0.3, -0.25) is 18.6 Å². The average molecular weight is 852 g/mol. The van der Waals surface area contributed by atoms with Crippen molar-refractivity contribution in [2.45, 2.75) is 206 Å². The number of hydrogen-bond donors (Lipinski definition) is 3. The van der Waals surface area contributed by atoms with Gasteiger partial charge in [0, 0.05) is 13.0 Å². The molecule has 4 N–H and O–H groups in total. The second-order valence-corrected chi connectivity index (χ2v) is 17.0. The topological polar surface area (TPSA) is 155 Å². The lowest BCUT2D eigenvalue weighted by Gasteiger charge is -2.20. The molecule has 0 amide bonds. The molecule has 0 radical (unpaired) electrons. The number of unbranched alkanes of at least 4 members (excludes halogenated alkanes) is 20. The van der Waals surface area contributed by atoms with Crippen LogP contribution >= 0.6 is 7.82 Å². The molecule has 59 heavy (non-hydrogen) atoms. The highest BCUT2D eigenvalue weighted by Crippen LogP contribution is 2.43. The molecule has 0 aromatic carbocycles. The van der Waals surface area contributed by atoms with Crippen molar-refractivity contribution < 1.29 is 42.7 Å². The van der Waals surface area contributed by atoms with Gasteiger partial charge in [-0.2, -0.15) is 0 Å². The summed E-state index contributed by atoms with van der Waals surface area (Å²) < 4.78 is 33.4. The van der Waals surface area contributed by atoms with E-state index in [0.29, 0.717) is 13.0 Å². The Morgan fingerprint density at radius 2 is 0.983 bits per heavy atom. The number of carbonyl (C=O) groups is 2. The number of ether oxygens (including phenoxy) is 2. The molecule has 3 atom stereocenters. The Hall–Kier alpha value is -2.33. The Labute approximate surface area is 360 Å². The minimum absolute atomic E-state index is 0.000533. The maximum absolute atomic E-state index is 12.7. The van der Waals surface area contributed by atoms with Gasteiger partial charge in [-0.15, -0.1) is 0 Å². The normalized spacial score (nSPS) is 14.4. The van der Waals surface area contributed by atoms with Crippen LogP contribution < -0.4 is 5.73 Å². The summed E-state index contributed by atoms with van der Waals surface area (Å²) in [5.41, 5.74) is 5.36. The minimum atomic E-state index is -4.63. The summed E-state index contributed by atoms with van der Waals surface area (Å²) in [5.74, 6) is -1.79. The number of aliphatic carboxylic acids is 1. The molecule has 342 valence electrons. The van der Waals surface area contributed by atoms with Crippen molar-refractivity contribution in [1.82, 2.24) is 0 Å². The molecule has 0 saturated carbocycles. The Morgan fingerprint density at radius 1 is 0.559 bits per heavy atom. The molecule has 0 aliphatic heterocycles. The van der Waals surface area contributed by atoms with Gasteiger partial charge in [-0.1, -0.05) is 190 Å². The molecule has 0 bridgehead atoms. The molecule has 0 fully saturated rings. The van der Waals surface area contributed by atoms with Gasteiger partial charge >= 0.3 is 19.8 Å². The highest BCUT2D eigenvalue weighted by molar-refractivity contribution is 7.47. The van der Waals surface area contributed by atoms with Crippen LogP contribution in [0.4, 0.5) is 0 Å². The predicted molar refractivity (Wildman–Crippen MR) is 244 cm³/mol. The zero-order valence-corrected chi connectivity index (χ0v) is 38.2. The smallest absolute Gasteiger partial charge is 0.472 e. The molecule has 0 rings (SSSR count). The molecule has 0 aliphatic carbocycles. The first-order chi connectivity index (χ1) is 28.7. The van der Waals surface area contributed by atoms with E-state index >= 15 is 0 Å². The number of phosphoric ester groups is 1. The van der Waals surface area contributed by atoms with E-state index in [-0.39, 0.29) is 13.0 Å². The van der Waals surface area contributed by atoms with E-state index in [4.69, 9.17) is 29.4 Å². The molecular weight excluding hydrogens is 765 g/mol. The number of rotatable bonds is 44. The second-order valence-electron chi connectivity index (χ2n) is 15.5. The largest absolute Gasteiger partial charge is 0.480 e. The van der Waals surface area contributed by atoms with Gasteiger partial charge in [-0.25, -0.2) is 4.57 Å². The molecule has 0 heterocycles. The fourth-order valence-electron chi connectivity index (χ4n) is 6.22. The summed E-state index contributed by atoms with van der Waals surface area (Å²) in [6, 6.07) is -1.48. The Bertz CT molecular complexity index is 1170. The average Bonchev–Trinajstić information content (AvgIpc) is 3.21. The molecule has 11 heteroatoms. The monoisotopic (exact) mass is 852 g/mol. The third kappa shape index (κ3) is 43.6. The lowest BCUT2D eigenvalue weighted by molar-refractivity contribution is -0.154. The fourth-order valence-corrected chi connectivity index (χ4v) is 7.00. The van der Waals surface area contributed by atoms with E-state index in [1.807, 2.05) is 0 Å². The standard InChI is InChI=1S/C48H86NO9P/c1-3-5-7-9-11-13-15-17-19-21-22-23-25-27-29-31-33-35-37-39-41-55-42-45(43-56-59(53,54)57-44-46(49)48(51)52)58-47(50)40-38-36-34-32-30-28-26-24-20-18-16-14-12-10-8-6-4-2/h5,7,11,13,17,19,22-23,27,29,45-46H,3-4,6,8-10,12,14-16,18,20-21,24-26,28,30-44,49H2,1-2H3,(H,51,52)(H,53,54)/b7-5-,13-11-,19-17-,23-22-,29-27-. The predicted octanol–water partition coefficient (Wildman–Crippen LogP) is 13.2. The van der Waals surface area contributed by atoms with Crippen molar-refractivity contribution in [3.05, 3.63) is 60.8 Å². The summed E-state index contributed by atoms with van der Waals surface area (Å²) in [5, 5.41) is 8.91. The van der Waals surface area contributed by atoms with Crippen LogP contribution in [0.5, 0.6) is 0 Å². The molecule has 0 aromatic rings. The van der Waals surface area contributed by atoms with Gasteiger partial charge in [0.1, 0.15) is 12.1 Å². The van der Waals surface area contributed by atoms with Crippen LogP contribution in [0, 0.1) is 0 Å². The number of esters is 1. The summed E-state index contributed by atoms with van der Waals surface area (Å²) in [6.45, 7) is 3.72. The SMILES string of the molecule is CC/C=C\C/C=C\C/C=C\C/C=C\C/C=C\CCCCCCOCC(COP(=O)(O)OCC(N)C(=O)O)OC(=O)CCCCCCCCCCCCCCCCCCC. The maximum atomic E-state index is 12.7. The van der Waals surface area contributed by atoms with Crippen LogP contribution in [0.1, 0.15) is 194 Å². The number of phosphoric acid groups is 1. The third-order valence-electron chi connectivity index (χ3n) is 9.81. The fraction of sp³-hybridized carbons (Fsp3) is 0.750. The van der Waals surface area contributed by atoms with E-state index in [1.54, 1.807) is 0 Å². The van der Waals surface area contributed by atoms with Crippen LogP contribution in [0.2, 0.25) is 0 Å². The third-order valence-corrected chi connectivity index (χ3v) is 10.8. The number of nitrogens with two attached hydrogens (primary N) is 1. The van der Waals surface area contributed by atoms with E-state index in [9.17, 15) is 19.0 Å².